The first-order valence-electron chi connectivity index (χ1n) is 6.28. The number of carboxylic acids is 1. The van der Waals surface area contributed by atoms with Crippen LogP contribution in [0.25, 0.3) is 0 Å². The molecule has 2 saturated carbocycles. The second-order valence-electron chi connectivity index (χ2n) is 5.27. The average molecular weight is 227 g/mol. The number of hydrogen-bond acceptors (Lipinski definition) is 3. The number of aliphatic carboxylic acids is 1. The second-order valence-corrected chi connectivity index (χ2v) is 5.27. The monoisotopic (exact) mass is 227 g/mol. The molecular weight excluding hydrogens is 206 g/mol. The topological polar surface area (TPSA) is 69.6 Å². The predicted octanol–water partition coefficient (Wildman–Crippen LogP) is 1.13. The first-order valence-corrected chi connectivity index (χ1v) is 6.28. The van der Waals surface area contributed by atoms with Gasteiger partial charge in [-0.15, -0.1) is 0 Å². The fourth-order valence-corrected chi connectivity index (χ4v) is 2.94. The maximum Gasteiger partial charge on any atom is 0.308 e. The fraction of sp³-hybridized carbons (Fsp3) is 0.917. The Hall–Kier alpha value is -0.610. The largest absolute Gasteiger partial charge is 0.481 e. The maximum atomic E-state index is 10.9. The van der Waals surface area contributed by atoms with Crippen LogP contribution in [-0.2, 0) is 4.79 Å². The lowest BCUT2D eigenvalue weighted by molar-refractivity contribution is -0.146. The lowest BCUT2D eigenvalue weighted by Crippen LogP contribution is -2.60. The molecule has 92 valence electrons. The summed E-state index contributed by atoms with van der Waals surface area (Å²) in [4.78, 5) is 10.9. The van der Waals surface area contributed by atoms with Crippen molar-refractivity contribution in [3.8, 4) is 0 Å². The number of rotatable bonds is 4. The molecule has 0 amide bonds. The molecule has 3 N–H and O–H groups in total. The third-order valence-electron chi connectivity index (χ3n) is 4.20. The van der Waals surface area contributed by atoms with Gasteiger partial charge in [-0.3, -0.25) is 4.79 Å². The van der Waals surface area contributed by atoms with Gasteiger partial charge in [-0.05, 0) is 25.7 Å². The van der Waals surface area contributed by atoms with Crippen LogP contribution in [0.4, 0.5) is 0 Å². The molecule has 2 rings (SSSR count). The Morgan fingerprint density at radius 1 is 1.25 bits per heavy atom. The molecule has 2 unspecified atom stereocenters. The summed E-state index contributed by atoms with van der Waals surface area (Å²) in [5, 5.41) is 21.9. The lowest BCUT2D eigenvalue weighted by atomic mass is 9.75. The van der Waals surface area contributed by atoms with Crippen LogP contribution < -0.4 is 5.32 Å². The van der Waals surface area contributed by atoms with Crippen molar-refractivity contribution in [2.24, 2.45) is 5.92 Å². The lowest BCUT2D eigenvalue weighted by Gasteiger charge is -2.45. The van der Waals surface area contributed by atoms with Crippen LogP contribution in [0.5, 0.6) is 0 Å². The third kappa shape index (κ3) is 2.23. The molecule has 4 nitrogen and oxygen atoms in total. The third-order valence-corrected chi connectivity index (χ3v) is 4.20. The molecule has 2 atom stereocenters. The Labute approximate surface area is 96.0 Å². The molecule has 2 aliphatic rings. The molecule has 0 radical (unpaired) electrons. The van der Waals surface area contributed by atoms with E-state index in [1.54, 1.807) is 0 Å². The van der Waals surface area contributed by atoms with E-state index in [9.17, 15) is 9.90 Å². The molecule has 0 aromatic heterocycles. The van der Waals surface area contributed by atoms with Gasteiger partial charge in [-0.1, -0.05) is 19.3 Å². The number of nitrogens with one attached hydrogen (secondary N) is 1. The van der Waals surface area contributed by atoms with Gasteiger partial charge in [0.2, 0.25) is 0 Å². The van der Waals surface area contributed by atoms with Crippen molar-refractivity contribution in [3.63, 3.8) is 0 Å². The van der Waals surface area contributed by atoms with Crippen LogP contribution in [0.1, 0.15) is 44.9 Å². The summed E-state index contributed by atoms with van der Waals surface area (Å²) in [7, 11) is 0. The summed E-state index contributed by atoms with van der Waals surface area (Å²) < 4.78 is 0. The van der Waals surface area contributed by atoms with E-state index < -0.39 is 5.97 Å². The number of aliphatic hydroxyl groups excluding tert-OH is 1. The van der Waals surface area contributed by atoms with E-state index in [0.717, 1.165) is 38.5 Å². The first-order chi connectivity index (χ1) is 7.67. The normalized spacial score (nSPS) is 33.1. The zero-order valence-electron chi connectivity index (χ0n) is 9.61. The number of aliphatic hydroxyl groups is 1. The highest BCUT2D eigenvalue weighted by Gasteiger charge is 2.42. The van der Waals surface area contributed by atoms with Gasteiger partial charge in [0.05, 0.1) is 12.5 Å². The van der Waals surface area contributed by atoms with E-state index in [2.05, 4.69) is 5.32 Å². The van der Waals surface area contributed by atoms with E-state index in [1.807, 2.05) is 0 Å². The minimum absolute atomic E-state index is 0.0720. The highest BCUT2D eigenvalue weighted by atomic mass is 16.4. The van der Waals surface area contributed by atoms with Crippen molar-refractivity contribution >= 4 is 5.97 Å². The summed E-state index contributed by atoms with van der Waals surface area (Å²) in [6.45, 7) is 0.135. The van der Waals surface area contributed by atoms with E-state index in [1.165, 1.54) is 6.42 Å². The Bertz CT molecular complexity index is 261. The van der Waals surface area contributed by atoms with Crippen molar-refractivity contribution < 1.29 is 15.0 Å². The molecule has 2 fully saturated rings. The van der Waals surface area contributed by atoms with Crippen molar-refractivity contribution in [2.75, 3.05) is 6.61 Å². The summed E-state index contributed by atoms with van der Waals surface area (Å²) >= 11 is 0. The Kier molecular flexibility index (Phi) is 3.50. The van der Waals surface area contributed by atoms with Crippen LogP contribution in [-0.4, -0.2) is 34.4 Å². The van der Waals surface area contributed by atoms with Crippen molar-refractivity contribution in [1.82, 2.24) is 5.32 Å². The second kappa shape index (κ2) is 4.72. The van der Waals surface area contributed by atoms with Crippen molar-refractivity contribution in [1.29, 1.82) is 0 Å². The Morgan fingerprint density at radius 2 is 1.94 bits per heavy atom. The SMILES string of the molecule is O=C(O)C1CCC1NC1(CO)CCCCC1. The fourth-order valence-electron chi connectivity index (χ4n) is 2.94. The number of hydrogen-bond donors (Lipinski definition) is 3. The zero-order chi connectivity index (χ0) is 11.6. The van der Waals surface area contributed by atoms with Crippen LogP contribution in [0.2, 0.25) is 0 Å². The maximum absolute atomic E-state index is 10.9. The number of carboxylic acid groups (broad SMARTS) is 1. The van der Waals surface area contributed by atoms with Crippen LogP contribution in [0, 0.1) is 5.92 Å². The predicted molar refractivity (Wildman–Crippen MR) is 60.2 cm³/mol. The molecule has 0 bridgehead atoms. The molecule has 0 spiro atoms. The Balaban J connectivity index is 1.93. The van der Waals surface area contributed by atoms with Gasteiger partial charge < -0.3 is 15.5 Å². The van der Waals surface area contributed by atoms with E-state index in [-0.39, 0.29) is 24.1 Å². The molecule has 0 saturated heterocycles. The van der Waals surface area contributed by atoms with E-state index in [4.69, 9.17) is 5.11 Å². The van der Waals surface area contributed by atoms with Gasteiger partial charge in [-0.25, -0.2) is 0 Å². The van der Waals surface area contributed by atoms with Gasteiger partial charge in [0.25, 0.3) is 0 Å². The molecule has 0 aromatic carbocycles. The standard InChI is InChI=1S/C12H21NO3/c14-8-12(6-2-1-3-7-12)13-10-5-4-9(10)11(15)16/h9-10,13-14H,1-8H2,(H,15,16). The summed E-state index contributed by atoms with van der Waals surface area (Å²) in [6.07, 6.45) is 7.17. The highest BCUT2D eigenvalue weighted by Crippen LogP contribution is 2.34. The molecule has 0 aliphatic heterocycles. The van der Waals surface area contributed by atoms with Crippen molar-refractivity contribution in [3.05, 3.63) is 0 Å². The molecule has 2 aliphatic carbocycles. The van der Waals surface area contributed by atoms with E-state index >= 15 is 0 Å². The van der Waals surface area contributed by atoms with Gasteiger partial charge in [-0.2, -0.15) is 0 Å². The Morgan fingerprint density at radius 3 is 2.38 bits per heavy atom. The first kappa shape index (κ1) is 11.9. The summed E-state index contributed by atoms with van der Waals surface area (Å²) in [5.41, 5.74) is -0.197. The van der Waals surface area contributed by atoms with Gasteiger partial charge >= 0.3 is 5.97 Å². The molecule has 0 heterocycles. The molecule has 0 aromatic rings. The highest BCUT2D eigenvalue weighted by molar-refractivity contribution is 5.72. The zero-order valence-corrected chi connectivity index (χ0v) is 9.61. The average Bonchev–Trinajstić information content (AvgIpc) is 2.25. The minimum Gasteiger partial charge on any atom is -0.481 e. The van der Waals surface area contributed by atoms with Crippen LogP contribution in [0.3, 0.4) is 0 Å². The van der Waals surface area contributed by atoms with Crippen LogP contribution in [0.15, 0.2) is 0 Å². The summed E-state index contributed by atoms with van der Waals surface area (Å²) in [6, 6.07) is 0.0720. The van der Waals surface area contributed by atoms with Crippen LogP contribution >= 0.6 is 0 Å². The molecule has 4 heteroatoms. The molecular formula is C12H21NO3. The van der Waals surface area contributed by atoms with Gasteiger partial charge in [0.1, 0.15) is 0 Å². The number of carbonyl (C=O) groups is 1. The van der Waals surface area contributed by atoms with Crippen molar-refractivity contribution in [2.45, 2.75) is 56.5 Å². The van der Waals surface area contributed by atoms with Gasteiger partial charge in [0, 0.05) is 11.6 Å². The van der Waals surface area contributed by atoms with E-state index in [0.29, 0.717) is 0 Å². The quantitative estimate of drug-likeness (QED) is 0.673. The molecule has 16 heavy (non-hydrogen) atoms. The minimum atomic E-state index is -0.701. The smallest absolute Gasteiger partial charge is 0.308 e. The summed E-state index contributed by atoms with van der Waals surface area (Å²) in [5.74, 6) is -0.946. The van der Waals surface area contributed by atoms with Gasteiger partial charge in [0.15, 0.2) is 0 Å².